The van der Waals surface area contributed by atoms with E-state index in [0.29, 0.717) is 12.5 Å². The average Bonchev–Trinajstić information content (AvgIpc) is 3.37. The molecular formula is C25H29N3O. The molecule has 1 fully saturated rings. The molecule has 29 heavy (non-hydrogen) atoms. The lowest BCUT2D eigenvalue weighted by Gasteiger charge is -2.19. The standard InChI is InChI=1S/C25H29N3O/c1-17-7-5-6-8-19(17)15-28-16-21(14-26-28)27-24(29)23-13-22(23)18-9-11-20(12-10-18)25(2,3)4/h5-12,14,16,22-23H,13,15H2,1-4H3,(H,27,29)/t22-,23-/m1/s1. The number of nitrogens with zero attached hydrogens (tertiary/aromatic N) is 2. The molecule has 2 aromatic carbocycles. The Morgan fingerprint density at radius 1 is 1.14 bits per heavy atom. The maximum atomic E-state index is 12.7. The molecule has 4 heteroatoms. The van der Waals surface area contributed by atoms with E-state index in [1.807, 2.05) is 23.0 Å². The largest absolute Gasteiger partial charge is 0.323 e. The molecule has 1 aromatic heterocycles. The van der Waals surface area contributed by atoms with Gasteiger partial charge in [-0.1, -0.05) is 69.3 Å². The van der Waals surface area contributed by atoms with Crippen LogP contribution in [0.5, 0.6) is 0 Å². The number of hydrogen-bond donors (Lipinski definition) is 1. The van der Waals surface area contributed by atoms with Crippen molar-refractivity contribution in [1.29, 1.82) is 0 Å². The van der Waals surface area contributed by atoms with E-state index in [2.05, 4.69) is 74.5 Å². The molecule has 1 amide bonds. The van der Waals surface area contributed by atoms with E-state index < -0.39 is 0 Å². The molecule has 1 saturated carbocycles. The number of nitrogens with one attached hydrogen (secondary N) is 1. The first-order valence-corrected chi connectivity index (χ1v) is 10.3. The van der Waals surface area contributed by atoms with Gasteiger partial charge in [0.2, 0.25) is 5.91 Å². The van der Waals surface area contributed by atoms with Crippen molar-refractivity contribution in [2.75, 3.05) is 5.32 Å². The number of aryl methyl sites for hydroxylation is 1. The van der Waals surface area contributed by atoms with Crippen molar-refractivity contribution in [1.82, 2.24) is 9.78 Å². The second kappa shape index (κ2) is 7.51. The fourth-order valence-electron chi connectivity index (χ4n) is 3.80. The minimum atomic E-state index is 0.0511. The third-order valence-electron chi connectivity index (χ3n) is 5.83. The Kier molecular flexibility index (Phi) is 5.03. The van der Waals surface area contributed by atoms with Crippen LogP contribution in [-0.2, 0) is 16.8 Å². The number of benzene rings is 2. The molecule has 0 saturated heterocycles. The zero-order chi connectivity index (χ0) is 20.6. The normalized spacial score (nSPS) is 18.5. The smallest absolute Gasteiger partial charge is 0.228 e. The van der Waals surface area contributed by atoms with Gasteiger partial charge in [-0.15, -0.1) is 0 Å². The number of amides is 1. The van der Waals surface area contributed by atoms with Crippen LogP contribution in [0, 0.1) is 12.8 Å². The van der Waals surface area contributed by atoms with Crippen LogP contribution in [0.1, 0.15) is 55.4 Å². The minimum absolute atomic E-state index is 0.0511. The highest BCUT2D eigenvalue weighted by atomic mass is 16.2. The van der Waals surface area contributed by atoms with Gasteiger partial charge in [0.15, 0.2) is 0 Å². The number of aromatic nitrogens is 2. The number of carbonyl (C=O) groups excluding carboxylic acids is 1. The summed E-state index contributed by atoms with van der Waals surface area (Å²) < 4.78 is 1.87. The maximum absolute atomic E-state index is 12.7. The summed E-state index contributed by atoms with van der Waals surface area (Å²) in [6.07, 6.45) is 4.55. The molecule has 1 heterocycles. The molecule has 0 bridgehead atoms. The molecule has 0 aliphatic heterocycles. The topological polar surface area (TPSA) is 46.9 Å². The van der Waals surface area contributed by atoms with Crippen LogP contribution in [0.25, 0.3) is 0 Å². The first kappa shape index (κ1) is 19.4. The lowest BCUT2D eigenvalue weighted by atomic mass is 9.86. The molecule has 0 spiro atoms. The zero-order valence-electron chi connectivity index (χ0n) is 17.6. The van der Waals surface area contributed by atoms with Crippen molar-refractivity contribution in [3.05, 3.63) is 83.2 Å². The number of rotatable bonds is 5. The first-order valence-electron chi connectivity index (χ1n) is 10.3. The van der Waals surface area contributed by atoms with Crippen molar-refractivity contribution in [3.63, 3.8) is 0 Å². The Bertz CT molecular complexity index is 1010. The summed E-state index contributed by atoms with van der Waals surface area (Å²) in [4.78, 5) is 12.7. The lowest BCUT2D eigenvalue weighted by molar-refractivity contribution is -0.117. The SMILES string of the molecule is Cc1ccccc1Cn1cc(NC(=O)[C@@H]2C[C@@H]2c2ccc(C(C)(C)C)cc2)cn1. The van der Waals surface area contributed by atoms with Gasteiger partial charge < -0.3 is 5.32 Å². The summed E-state index contributed by atoms with van der Waals surface area (Å²) in [5, 5.41) is 7.43. The average molecular weight is 388 g/mol. The molecule has 1 aliphatic carbocycles. The van der Waals surface area contributed by atoms with Crippen molar-refractivity contribution in [2.45, 2.75) is 52.0 Å². The van der Waals surface area contributed by atoms with Gasteiger partial charge in [0.1, 0.15) is 0 Å². The van der Waals surface area contributed by atoms with Crippen LogP contribution in [0.2, 0.25) is 0 Å². The van der Waals surface area contributed by atoms with Gasteiger partial charge >= 0.3 is 0 Å². The monoisotopic (exact) mass is 387 g/mol. The van der Waals surface area contributed by atoms with Crippen LogP contribution in [-0.4, -0.2) is 15.7 Å². The quantitative estimate of drug-likeness (QED) is 0.647. The molecule has 150 valence electrons. The highest BCUT2D eigenvalue weighted by Crippen LogP contribution is 2.48. The summed E-state index contributed by atoms with van der Waals surface area (Å²) in [6, 6.07) is 17.0. The van der Waals surface area contributed by atoms with Crippen LogP contribution in [0.3, 0.4) is 0 Å². The van der Waals surface area contributed by atoms with Crippen molar-refractivity contribution >= 4 is 11.6 Å². The van der Waals surface area contributed by atoms with Gasteiger partial charge in [0.25, 0.3) is 0 Å². The molecule has 1 aliphatic rings. The second-order valence-corrected chi connectivity index (χ2v) is 9.16. The van der Waals surface area contributed by atoms with Gasteiger partial charge in [0, 0.05) is 12.1 Å². The predicted octanol–water partition coefficient (Wildman–Crippen LogP) is 5.28. The van der Waals surface area contributed by atoms with Crippen molar-refractivity contribution in [3.8, 4) is 0 Å². The van der Waals surface area contributed by atoms with Crippen LogP contribution in [0.4, 0.5) is 5.69 Å². The zero-order valence-corrected chi connectivity index (χ0v) is 17.6. The van der Waals surface area contributed by atoms with Gasteiger partial charge in [-0.05, 0) is 46.9 Å². The first-order chi connectivity index (χ1) is 13.8. The molecule has 0 radical (unpaired) electrons. The fourth-order valence-corrected chi connectivity index (χ4v) is 3.80. The summed E-state index contributed by atoms with van der Waals surface area (Å²) in [5.41, 5.74) is 5.97. The fraction of sp³-hybridized carbons (Fsp3) is 0.360. The van der Waals surface area contributed by atoms with E-state index in [-0.39, 0.29) is 17.2 Å². The van der Waals surface area contributed by atoms with Crippen molar-refractivity contribution in [2.24, 2.45) is 5.92 Å². The summed E-state index contributed by atoms with van der Waals surface area (Å²) >= 11 is 0. The highest BCUT2D eigenvalue weighted by molar-refractivity contribution is 5.95. The van der Waals surface area contributed by atoms with Gasteiger partial charge in [-0.25, -0.2) is 0 Å². The van der Waals surface area contributed by atoms with Crippen LogP contribution < -0.4 is 5.32 Å². The maximum Gasteiger partial charge on any atom is 0.228 e. The van der Waals surface area contributed by atoms with E-state index in [0.717, 1.165) is 12.1 Å². The highest BCUT2D eigenvalue weighted by Gasteiger charge is 2.44. The summed E-state index contributed by atoms with van der Waals surface area (Å²) in [6.45, 7) is 9.45. The Balaban J connectivity index is 1.35. The Morgan fingerprint density at radius 2 is 1.86 bits per heavy atom. The predicted molar refractivity (Wildman–Crippen MR) is 117 cm³/mol. The van der Waals surface area contributed by atoms with E-state index in [9.17, 15) is 4.79 Å². The number of carbonyl (C=O) groups is 1. The van der Waals surface area contributed by atoms with E-state index in [1.165, 1.54) is 22.3 Å². The molecule has 4 nitrogen and oxygen atoms in total. The van der Waals surface area contributed by atoms with Crippen LogP contribution >= 0.6 is 0 Å². The number of anilines is 1. The van der Waals surface area contributed by atoms with E-state index >= 15 is 0 Å². The van der Waals surface area contributed by atoms with Gasteiger partial charge in [0.05, 0.1) is 18.4 Å². The molecule has 0 unspecified atom stereocenters. The number of hydrogen-bond acceptors (Lipinski definition) is 2. The Labute approximate surface area is 173 Å². The van der Waals surface area contributed by atoms with E-state index in [4.69, 9.17) is 0 Å². The summed E-state index contributed by atoms with van der Waals surface area (Å²) in [7, 11) is 0. The molecule has 4 rings (SSSR count). The minimum Gasteiger partial charge on any atom is -0.323 e. The van der Waals surface area contributed by atoms with Crippen molar-refractivity contribution < 1.29 is 4.79 Å². The molecule has 2 atom stereocenters. The molecule has 1 N–H and O–H groups in total. The molecule has 3 aromatic rings. The Hall–Kier alpha value is -2.88. The third-order valence-corrected chi connectivity index (χ3v) is 5.83. The summed E-state index contributed by atoms with van der Waals surface area (Å²) in [5.74, 6) is 0.464. The molecular weight excluding hydrogens is 358 g/mol. The van der Waals surface area contributed by atoms with Gasteiger partial charge in [-0.2, -0.15) is 5.10 Å². The lowest BCUT2D eigenvalue weighted by Crippen LogP contribution is -2.14. The third kappa shape index (κ3) is 4.42. The van der Waals surface area contributed by atoms with Crippen LogP contribution in [0.15, 0.2) is 60.9 Å². The van der Waals surface area contributed by atoms with E-state index in [1.54, 1.807) is 6.20 Å². The van der Waals surface area contributed by atoms with Gasteiger partial charge in [-0.3, -0.25) is 9.48 Å². The Morgan fingerprint density at radius 3 is 2.55 bits per heavy atom. The second-order valence-electron chi connectivity index (χ2n) is 9.16.